The van der Waals surface area contributed by atoms with E-state index >= 15 is 0 Å². The average Bonchev–Trinajstić information content (AvgIpc) is 2.57. The Balaban J connectivity index is 2.74. The minimum atomic E-state index is -1.71. The van der Waals surface area contributed by atoms with Crippen LogP contribution in [0.3, 0.4) is 0 Å². The minimum absolute atomic E-state index is 0.171. The molecule has 0 aliphatic carbocycles. The number of rotatable bonds is 5. The lowest BCUT2D eigenvalue weighted by Gasteiger charge is -2.26. The summed E-state index contributed by atoms with van der Waals surface area (Å²) < 4.78 is 0. The highest BCUT2D eigenvalue weighted by molar-refractivity contribution is 6.05. The first-order chi connectivity index (χ1) is 10.6. The number of amidine groups is 1. The number of hydrogen-bond donors (Lipinski definition) is 3. The van der Waals surface area contributed by atoms with Crippen molar-refractivity contribution in [2.75, 3.05) is 0 Å². The van der Waals surface area contributed by atoms with Gasteiger partial charge in [-0.05, 0) is 17.2 Å². The highest BCUT2D eigenvalue weighted by Crippen LogP contribution is 2.32. The summed E-state index contributed by atoms with van der Waals surface area (Å²) in [6.45, 7) is 0. The Morgan fingerprint density at radius 2 is 1.73 bits per heavy atom. The summed E-state index contributed by atoms with van der Waals surface area (Å²) in [5.41, 5.74) is 4.90. The van der Waals surface area contributed by atoms with E-state index in [1.807, 2.05) is 0 Å². The van der Waals surface area contributed by atoms with Gasteiger partial charge < -0.3 is 15.4 Å². The molecule has 1 unspecified atom stereocenters. The van der Waals surface area contributed by atoms with Gasteiger partial charge in [-0.25, -0.2) is 4.79 Å². The molecule has 112 valence electrons. The number of benzene rings is 2. The molecule has 2 aromatic carbocycles. The number of nitrogens with one attached hydrogen (secondary N) is 1. The number of hydrogen-bond acceptors (Lipinski definition) is 5. The van der Waals surface area contributed by atoms with Crippen LogP contribution in [0, 0.1) is 5.41 Å². The third-order valence-electron chi connectivity index (χ3n) is 3.46. The maximum absolute atomic E-state index is 12.3. The molecule has 1 atom stereocenters. The molecule has 6 nitrogen and oxygen atoms in total. The SMILES string of the molecule is N=C(N)c1cccc(C(C=O)(C(=O)ON)c2ccccc2)c1. The zero-order chi connectivity index (χ0) is 16.2. The van der Waals surface area contributed by atoms with Crippen LogP contribution in [0.2, 0.25) is 0 Å². The van der Waals surface area contributed by atoms with Crippen molar-refractivity contribution >= 4 is 18.1 Å². The van der Waals surface area contributed by atoms with Crippen molar-refractivity contribution in [3.8, 4) is 0 Å². The van der Waals surface area contributed by atoms with Gasteiger partial charge in [-0.15, -0.1) is 0 Å². The summed E-state index contributed by atoms with van der Waals surface area (Å²) in [5, 5.41) is 7.50. The van der Waals surface area contributed by atoms with Crippen molar-refractivity contribution in [3.05, 3.63) is 71.3 Å². The van der Waals surface area contributed by atoms with Gasteiger partial charge in [-0.1, -0.05) is 48.5 Å². The predicted molar refractivity (Wildman–Crippen MR) is 81.0 cm³/mol. The van der Waals surface area contributed by atoms with Gasteiger partial charge >= 0.3 is 5.97 Å². The topological polar surface area (TPSA) is 119 Å². The van der Waals surface area contributed by atoms with E-state index in [0.717, 1.165) is 0 Å². The highest BCUT2D eigenvalue weighted by Gasteiger charge is 2.44. The van der Waals surface area contributed by atoms with Crippen LogP contribution in [0.15, 0.2) is 54.6 Å². The van der Waals surface area contributed by atoms with Gasteiger partial charge in [0.25, 0.3) is 0 Å². The van der Waals surface area contributed by atoms with Gasteiger partial charge in [0.1, 0.15) is 12.1 Å². The van der Waals surface area contributed by atoms with Crippen molar-refractivity contribution in [1.82, 2.24) is 0 Å². The number of carbonyl (C=O) groups excluding carboxylic acids is 2. The molecule has 0 amide bonds. The van der Waals surface area contributed by atoms with Gasteiger partial charge in [0, 0.05) is 5.56 Å². The predicted octanol–water partition coefficient (Wildman–Crippen LogP) is 0.873. The van der Waals surface area contributed by atoms with Crippen molar-refractivity contribution in [3.63, 3.8) is 0 Å². The van der Waals surface area contributed by atoms with E-state index in [2.05, 4.69) is 4.84 Å². The first-order valence-corrected chi connectivity index (χ1v) is 6.44. The lowest BCUT2D eigenvalue weighted by molar-refractivity contribution is -0.150. The Labute approximate surface area is 127 Å². The average molecular weight is 297 g/mol. The van der Waals surface area contributed by atoms with Crippen molar-refractivity contribution in [2.24, 2.45) is 11.6 Å². The summed E-state index contributed by atoms with van der Waals surface area (Å²) in [4.78, 5) is 28.5. The van der Waals surface area contributed by atoms with Crippen LogP contribution in [-0.2, 0) is 19.8 Å². The zero-order valence-corrected chi connectivity index (χ0v) is 11.7. The zero-order valence-electron chi connectivity index (χ0n) is 11.7. The van der Waals surface area contributed by atoms with E-state index in [-0.39, 0.29) is 5.84 Å². The standard InChI is InChI=1S/C16H15N3O3/c17-14(18)11-5-4-8-13(9-11)16(10-20,15(21)22-19)12-6-2-1-3-7-12/h1-10H,19H2,(H3,17,18). The third-order valence-corrected chi connectivity index (χ3v) is 3.46. The van der Waals surface area contributed by atoms with Gasteiger partial charge in [0.2, 0.25) is 0 Å². The fourth-order valence-electron chi connectivity index (χ4n) is 2.31. The first-order valence-electron chi connectivity index (χ1n) is 6.44. The number of nitrogens with two attached hydrogens (primary N) is 2. The summed E-state index contributed by atoms with van der Waals surface area (Å²) in [5.74, 6) is 3.95. The molecule has 0 heterocycles. The quantitative estimate of drug-likeness (QED) is 0.249. The molecule has 5 N–H and O–H groups in total. The highest BCUT2D eigenvalue weighted by atomic mass is 16.7. The smallest absolute Gasteiger partial charge is 0.346 e. The monoisotopic (exact) mass is 297 g/mol. The molecule has 0 aromatic heterocycles. The van der Waals surface area contributed by atoms with E-state index < -0.39 is 11.4 Å². The molecule has 0 bridgehead atoms. The molecule has 0 aliphatic rings. The second-order valence-corrected chi connectivity index (χ2v) is 4.69. The minimum Gasteiger partial charge on any atom is -0.384 e. The molecule has 0 aliphatic heterocycles. The normalized spacial score (nSPS) is 13.0. The van der Waals surface area contributed by atoms with E-state index in [1.54, 1.807) is 48.5 Å². The molecule has 22 heavy (non-hydrogen) atoms. The van der Waals surface area contributed by atoms with E-state index in [4.69, 9.17) is 17.0 Å². The van der Waals surface area contributed by atoms with Crippen LogP contribution >= 0.6 is 0 Å². The van der Waals surface area contributed by atoms with Gasteiger partial charge in [-0.3, -0.25) is 5.41 Å². The fraction of sp³-hybridized carbons (Fsp3) is 0.0625. The Morgan fingerprint density at radius 1 is 1.09 bits per heavy atom. The molecular weight excluding hydrogens is 282 g/mol. The van der Waals surface area contributed by atoms with Crippen LogP contribution in [0.25, 0.3) is 0 Å². The Hall–Kier alpha value is -2.99. The number of aldehydes is 1. The van der Waals surface area contributed by atoms with Crippen LogP contribution in [-0.4, -0.2) is 18.1 Å². The van der Waals surface area contributed by atoms with Crippen LogP contribution in [0.5, 0.6) is 0 Å². The second kappa shape index (κ2) is 6.19. The second-order valence-electron chi connectivity index (χ2n) is 4.69. The molecule has 0 spiro atoms. The summed E-state index contributed by atoms with van der Waals surface area (Å²) in [6, 6.07) is 14.7. The molecular formula is C16H15N3O3. The lowest BCUT2D eigenvalue weighted by atomic mass is 9.75. The van der Waals surface area contributed by atoms with Crippen LogP contribution in [0.1, 0.15) is 16.7 Å². The summed E-state index contributed by atoms with van der Waals surface area (Å²) >= 11 is 0. The maximum atomic E-state index is 12.3. The van der Waals surface area contributed by atoms with Gasteiger partial charge in [0.15, 0.2) is 5.41 Å². The maximum Gasteiger partial charge on any atom is 0.346 e. The molecule has 2 rings (SSSR count). The van der Waals surface area contributed by atoms with Crippen molar-refractivity contribution in [1.29, 1.82) is 5.41 Å². The van der Waals surface area contributed by atoms with E-state index in [9.17, 15) is 9.59 Å². The molecule has 0 saturated carbocycles. The fourth-order valence-corrected chi connectivity index (χ4v) is 2.31. The summed E-state index contributed by atoms with van der Waals surface area (Å²) in [6.07, 6.45) is 0.483. The number of carbonyl (C=O) groups is 2. The largest absolute Gasteiger partial charge is 0.384 e. The Kier molecular flexibility index (Phi) is 4.33. The molecule has 6 heteroatoms. The van der Waals surface area contributed by atoms with Crippen LogP contribution < -0.4 is 11.6 Å². The first kappa shape index (κ1) is 15.4. The molecule has 0 radical (unpaired) electrons. The lowest BCUT2D eigenvalue weighted by Crippen LogP contribution is -2.41. The van der Waals surface area contributed by atoms with Crippen molar-refractivity contribution in [2.45, 2.75) is 5.41 Å². The Morgan fingerprint density at radius 3 is 2.27 bits per heavy atom. The summed E-state index contributed by atoms with van der Waals surface area (Å²) in [7, 11) is 0. The van der Waals surface area contributed by atoms with E-state index in [1.165, 1.54) is 6.07 Å². The molecule has 0 fully saturated rings. The number of nitrogen functional groups attached to an aromatic ring is 1. The third kappa shape index (κ3) is 2.47. The van der Waals surface area contributed by atoms with Crippen LogP contribution in [0.4, 0.5) is 0 Å². The Bertz CT molecular complexity index is 716. The van der Waals surface area contributed by atoms with Gasteiger partial charge in [-0.2, -0.15) is 5.90 Å². The molecule has 2 aromatic rings. The van der Waals surface area contributed by atoms with Gasteiger partial charge in [0.05, 0.1) is 0 Å². The molecule has 0 saturated heterocycles. The van der Waals surface area contributed by atoms with E-state index in [0.29, 0.717) is 23.0 Å². The van der Waals surface area contributed by atoms with Crippen molar-refractivity contribution < 1.29 is 14.4 Å².